The molecule has 0 bridgehead atoms. The number of nitrogens with zero attached hydrogens (tertiary/aromatic N) is 3. The number of hydrogen-bond acceptors (Lipinski definition) is 4. The predicted octanol–water partition coefficient (Wildman–Crippen LogP) is 5.49. The Morgan fingerprint density at radius 1 is 1.21 bits per heavy atom. The molecule has 0 spiro atoms. The second-order valence-corrected chi connectivity index (χ2v) is 10.2. The summed E-state index contributed by atoms with van der Waals surface area (Å²) >= 11 is 0. The molecule has 1 heterocycles. The van der Waals surface area contributed by atoms with Gasteiger partial charge in [-0.1, -0.05) is 54.5 Å². The van der Waals surface area contributed by atoms with E-state index in [9.17, 15) is 9.90 Å². The average Bonchev–Trinajstić information content (AvgIpc) is 2.93. The van der Waals surface area contributed by atoms with Gasteiger partial charge in [0.2, 0.25) is 5.95 Å². The van der Waals surface area contributed by atoms with E-state index in [1.54, 1.807) is 0 Å². The summed E-state index contributed by atoms with van der Waals surface area (Å²) in [5.74, 6) is -0.0490. The van der Waals surface area contributed by atoms with E-state index < -0.39 is 5.97 Å². The van der Waals surface area contributed by atoms with Crippen LogP contribution in [0.3, 0.4) is 0 Å². The van der Waals surface area contributed by atoms with Gasteiger partial charge >= 0.3 is 5.97 Å². The fourth-order valence-corrected chi connectivity index (χ4v) is 3.99. The molecular formula is C24H33N3O2. The quantitative estimate of drug-likeness (QED) is 0.725. The fourth-order valence-electron chi connectivity index (χ4n) is 3.99. The van der Waals surface area contributed by atoms with Crippen molar-refractivity contribution in [2.75, 3.05) is 11.4 Å². The van der Waals surface area contributed by atoms with E-state index >= 15 is 0 Å². The summed E-state index contributed by atoms with van der Waals surface area (Å²) in [6.07, 6.45) is 4.95. The molecule has 1 N–H and O–H groups in total. The van der Waals surface area contributed by atoms with Crippen LogP contribution in [-0.2, 0) is 17.3 Å². The molecular weight excluding hydrogens is 362 g/mol. The van der Waals surface area contributed by atoms with E-state index in [-0.39, 0.29) is 16.4 Å². The van der Waals surface area contributed by atoms with E-state index in [4.69, 9.17) is 0 Å². The lowest BCUT2D eigenvalue weighted by Crippen LogP contribution is -2.27. The van der Waals surface area contributed by atoms with Gasteiger partial charge in [0.15, 0.2) is 0 Å². The van der Waals surface area contributed by atoms with Crippen molar-refractivity contribution < 1.29 is 9.90 Å². The van der Waals surface area contributed by atoms with Crippen LogP contribution in [0, 0.1) is 5.92 Å². The van der Waals surface area contributed by atoms with E-state index in [0.29, 0.717) is 11.9 Å². The first-order valence-corrected chi connectivity index (χ1v) is 10.4. The standard InChI is InChI=1S/C24H33N3O2/c1-15(2)14-27(22-25-12-16(13-26-22)21(28)29)20-11-17(23(3,4)5)10-19-18(20)8-9-24(19,6)7/h10-13,15H,8-9,14H2,1-7H3,(H,28,29). The number of aromatic carboxylic acids is 1. The molecule has 0 amide bonds. The minimum atomic E-state index is -1.01. The van der Waals surface area contributed by atoms with Crippen LogP contribution in [-0.4, -0.2) is 27.6 Å². The number of aromatic nitrogens is 2. The third-order valence-electron chi connectivity index (χ3n) is 5.79. The Morgan fingerprint density at radius 2 is 1.83 bits per heavy atom. The Morgan fingerprint density at radius 3 is 2.34 bits per heavy atom. The highest BCUT2D eigenvalue weighted by molar-refractivity contribution is 5.87. The minimum absolute atomic E-state index is 0.0278. The summed E-state index contributed by atoms with van der Waals surface area (Å²) in [6, 6.07) is 4.67. The molecule has 1 aliphatic carbocycles. The molecule has 0 aliphatic heterocycles. The molecule has 5 nitrogen and oxygen atoms in total. The third kappa shape index (κ3) is 4.29. The van der Waals surface area contributed by atoms with E-state index in [1.807, 2.05) is 0 Å². The second-order valence-electron chi connectivity index (χ2n) is 10.2. The maximum Gasteiger partial charge on any atom is 0.338 e. The maximum atomic E-state index is 11.2. The van der Waals surface area contributed by atoms with Gasteiger partial charge in [-0.25, -0.2) is 14.8 Å². The van der Waals surface area contributed by atoms with E-state index in [0.717, 1.165) is 25.1 Å². The van der Waals surface area contributed by atoms with Gasteiger partial charge in [-0.3, -0.25) is 0 Å². The number of carboxylic acid groups (broad SMARTS) is 1. The van der Waals surface area contributed by atoms with Crippen molar-refractivity contribution in [1.82, 2.24) is 9.97 Å². The van der Waals surface area contributed by atoms with Crippen LogP contribution in [0.5, 0.6) is 0 Å². The Balaban J connectivity index is 2.20. The zero-order chi connectivity index (χ0) is 21.6. The smallest absolute Gasteiger partial charge is 0.338 e. The molecule has 2 aromatic rings. The summed E-state index contributed by atoms with van der Waals surface area (Å²) in [6.45, 7) is 16.5. The topological polar surface area (TPSA) is 66.3 Å². The first kappa shape index (κ1) is 21.3. The van der Waals surface area contributed by atoms with E-state index in [1.165, 1.54) is 29.1 Å². The van der Waals surface area contributed by atoms with Gasteiger partial charge in [0, 0.05) is 24.6 Å². The summed E-state index contributed by atoms with van der Waals surface area (Å²) < 4.78 is 0. The Labute approximate surface area is 174 Å². The lowest BCUT2D eigenvalue weighted by Gasteiger charge is -2.31. The van der Waals surface area contributed by atoms with Crippen LogP contribution in [0.4, 0.5) is 11.6 Å². The van der Waals surface area contributed by atoms with Crippen molar-refractivity contribution in [2.24, 2.45) is 5.92 Å². The molecule has 156 valence electrons. The molecule has 0 unspecified atom stereocenters. The molecule has 0 fully saturated rings. The van der Waals surface area contributed by atoms with Crippen LogP contribution in [0.25, 0.3) is 0 Å². The van der Waals surface area contributed by atoms with Gasteiger partial charge in [0.25, 0.3) is 0 Å². The lowest BCUT2D eigenvalue weighted by molar-refractivity contribution is 0.0696. The second kappa shape index (κ2) is 7.43. The number of rotatable bonds is 5. The van der Waals surface area contributed by atoms with Crippen LogP contribution >= 0.6 is 0 Å². The molecule has 1 aliphatic rings. The molecule has 0 radical (unpaired) electrons. The van der Waals surface area contributed by atoms with Gasteiger partial charge in [-0.15, -0.1) is 0 Å². The summed E-state index contributed by atoms with van der Waals surface area (Å²) in [5, 5.41) is 9.19. The summed E-state index contributed by atoms with van der Waals surface area (Å²) in [7, 11) is 0. The number of anilines is 2. The maximum absolute atomic E-state index is 11.2. The molecule has 0 saturated carbocycles. The van der Waals surface area contributed by atoms with Gasteiger partial charge in [-0.05, 0) is 52.3 Å². The molecule has 3 rings (SSSR count). The van der Waals surface area contributed by atoms with Crippen molar-refractivity contribution in [3.63, 3.8) is 0 Å². The average molecular weight is 396 g/mol. The van der Waals surface area contributed by atoms with Crippen LogP contribution in [0.1, 0.15) is 81.9 Å². The normalized spacial score (nSPS) is 15.4. The number of carboxylic acids is 1. The number of benzene rings is 1. The molecule has 29 heavy (non-hydrogen) atoms. The van der Waals surface area contributed by atoms with Crippen molar-refractivity contribution in [3.8, 4) is 0 Å². The van der Waals surface area contributed by atoms with Crippen LogP contribution in [0.15, 0.2) is 24.5 Å². The van der Waals surface area contributed by atoms with Crippen molar-refractivity contribution in [3.05, 3.63) is 46.8 Å². The van der Waals surface area contributed by atoms with Crippen molar-refractivity contribution >= 4 is 17.6 Å². The first-order valence-electron chi connectivity index (χ1n) is 10.4. The van der Waals surface area contributed by atoms with Gasteiger partial charge in [-0.2, -0.15) is 0 Å². The highest BCUT2D eigenvalue weighted by Crippen LogP contribution is 2.46. The molecule has 1 aromatic heterocycles. The lowest BCUT2D eigenvalue weighted by atomic mass is 9.80. The third-order valence-corrected chi connectivity index (χ3v) is 5.79. The van der Waals surface area contributed by atoms with Crippen LogP contribution in [0.2, 0.25) is 0 Å². The number of fused-ring (bicyclic) bond motifs is 1. The largest absolute Gasteiger partial charge is 0.478 e. The van der Waals surface area contributed by atoms with Gasteiger partial charge < -0.3 is 10.0 Å². The molecule has 1 aromatic carbocycles. The Bertz CT molecular complexity index is 909. The highest BCUT2D eigenvalue weighted by Gasteiger charge is 2.35. The van der Waals surface area contributed by atoms with Gasteiger partial charge in [0.1, 0.15) is 0 Å². The Hall–Kier alpha value is -2.43. The Kier molecular flexibility index (Phi) is 5.46. The highest BCUT2D eigenvalue weighted by atomic mass is 16.4. The molecule has 0 atom stereocenters. The van der Waals surface area contributed by atoms with Crippen molar-refractivity contribution in [1.29, 1.82) is 0 Å². The zero-order valence-corrected chi connectivity index (χ0v) is 18.7. The number of carbonyl (C=O) groups is 1. The predicted molar refractivity (Wildman–Crippen MR) is 117 cm³/mol. The number of hydrogen-bond donors (Lipinski definition) is 1. The fraction of sp³-hybridized carbons (Fsp3) is 0.542. The van der Waals surface area contributed by atoms with Crippen LogP contribution < -0.4 is 4.90 Å². The summed E-state index contributed by atoms with van der Waals surface area (Å²) in [5.41, 5.74) is 5.52. The van der Waals surface area contributed by atoms with Gasteiger partial charge in [0.05, 0.1) is 5.56 Å². The summed E-state index contributed by atoms with van der Waals surface area (Å²) in [4.78, 5) is 22.2. The van der Waals surface area contributed by atoms with E-state index in [2.05, 4.69) is 75.5 Å². The zero-order valence-electron chi connectivity index (χ0n) is 18.7. The SMILES string of the molecule is CC(C)CN(c1ncc(C(=O)O)cn1)c1cc(C(C)(C)C)cc2c1CCC2(C)C. The first-order chi connectivity index (χ1) is 13.4. The minimum Gasteiger partial charge on any atom is -0.478 e. The van der Waals surface area contributed by atoms with Crippen molar-refractivity contribution in [2.45, 2.75) is 72.1 Å². The molecule has 5 heteroatoms. The molecule has 0 saturated heterocycles. The monoisotopic (exact) mass is 395 g/mol.